The van der Waals surface area contributed by atoms with Crippen LogP contribution in [0.1, 0.15) is 100 Å². The second-order valence-corrected chi connectivity index (χ2v) is 13.4. The maximum absolute atomic E-state index is 12.1. The molecule has 11 heteroatoms. The molecular weight excluding hydrogens is 575 g/mol. The molecule has 1 fully saturated rings. The van der Waals surface area contributed by atoms with Crippen LogP contribution in [0.4, 0.5) is 0 Å². The minimum absolute atomic E-state index is 0.100. The van der Waals surface area contributed by atoms with Crippen LogP contribution >= 0.6 is 7.82 Å². The fraction of sp³-hybridized carbons (Fsp3) is 0.781. The van der Waals surface area contributed by atoms with Gasteiger partial charge in [-0.1, -0.05) is 62.6 Å². The number of carbonyl (C=O) groups excluding carboxylic acids is 1. The first-order valence-corrected chi connectivity index (χ1v) is 17.2. The van der Waals surface area contributed by atoms with Crippen molar-refractivity contribution in [1.82, 2.24) is 0 Å². The number of carbonyl (C=O) groups is 1. The highest BCUT2D eigenvalue weighted by molar-refractivity contribution is 7.47. The van der Waals surface area contributed by atoms with Gasteiger partial charge in [0.15, 0.2) is 5.79 Å². The lowest BCUT2D eigenvalue weighted by atomic mass is 10.0. The summed E-state index contributed by atoms with van der Waals surface area (Å²) in [5.74, 6) is -0.840. The molecule has 1 aliphatic heterocycles. The second kappa shape index (κ2) is 19.9. The number of hydrogen-bond acceptors (Lipinski definition) is 9. The van der Waals surface area contributed by atoms with E-state index in [0.29, 0.717) is 19.6 Å². The summed E-state index contributed by atoms with van der Waals surface area (Å²) in [5, 5.41) is 0. The predicted octanol–water partition coefficient (Wildman–Crippen LogP) is 6.87. The Bertz CT molecular complexity index is 975. The van der Waals surface area contributed by atoms with Gasteiger partial charge in [-0.2, -0.15) is 0 Å². The standard InChI is InChI=1S/C32H55O10P/c1-25-18-26(2)30(27(3)19-25)24-38-31(33)16-14-12-10-8-7-9-11-13-15-17-37-20-28(36-6)22-40-43(34,35)41-23-29-21-39-32(4,5)42-29/h18-19,28-29H,7-17,20-24H2,1-6H3,(H,34,35)/t28-,29-/m1/s1. The normalized spacial score (nSPS) is 18.4. The summed E-state index contributed by atoms with van der Waals surface area (Å²) in [7, 11) is -2.73. The Morgan fingerprint density at radius 2 is 1.58 bits per heavy atom. The number of methoxy groups -OCH3 is 1. The van der Waals surface area contributed by atoms with Crippen molar-refractivity contribution in [2.75, 3.05) is 40.1 Å². The number of phosphoric ester groups is 1. The molecule has 10 nitrogen and oxygen atoms in total. The Labute approximate surface area is 258 Å². The Kier molecular flexibility index (Phi) is 17.5. The molecule has 248 valence electrons. The molecule has 3 atom stereocenters. The number of esters is 1. The molecule has 0 amide bonds. The van der Waals surface area contributed by atoms with Crippen LogP contribution in [-0.4, -0.2) is 69.0 Å². The summed E-state index contributed by atoms with van der Waals surface area (Å²) >= 11 is 0. The first-order chi connectivity index (χ1) is 20.4. The molecule has 0 saturated carbocycles. The number of hydrogen-bond donors (Lipinski definition) is 1. The summed E-state index contributed by atoms with van der Waals surface area (Å²) < 4.78 is 49.7. The van der Waals surface area contributed by atoms with Crippen molar-refractivity contribution in [3.63, 3.8) is 0 Å². The van der Waals surface area contributed by atoms with Crippen molar-refractivity contribution < 1.29 is 47.0 Å². The maximum Gasteiger partial charge on any atom is 0.472 e. The van der Waals surface area contributed by atoms with Crippen LogP contribution < -0.4 is 0 Å². The van der Waals surface area contributed by atoms with Gasteiger partial charge in [0.25, 0.3) is 0 Å². The first-order valence-electron chi connectivity index (χ1n) is 15.7. The number of ether oxygens (including phenoxy) is 5. The summed E-state index contributed by atoms with van der Waals surface area (Å²) in [6.07, 6.45) is 9.41. The Hall–Kier alpha value is -1.36. The lowest BCUT2D eigenvalue weighted by Gasteiger charge is -2.20. The zero-order valence-electron chi connectivity index (χ0n) is 27.2. The number of aryl methyl sites for hydroxylation is 3. The number of phosphoric acid groups is 1. The van der Waals surface area contributed by atoms with Gasteiger partial charge in [-0.25, -0.2) is 4.57 Å². The van der Waals surface area contributed by atoms with Crippen molar-refractivity contribution >= 4 is 13.8 Å². The van der Waals surface area contributed by atoms with Crippen molar-refractivity contribution in [3.05, 3.63) is 34.4 Å². The molecule has 2 rings (SSSR count). The zero-order chi connectivity index (χ0) is 31.7. The Balaban J connectivity index is 1.39. The average Bonchev–Trinajstić information content (AvgIpc) is 3.29. The monoisotopic (exact) mass is 630 g/mol. The van der Waals surface area contributed by atoms with Gasteiger partial charge in [0.05, 0.1) is 26.4 Å². The summed E-state index contributed by atoms with van der Waals surface area (Å²) in [6.45, 7) is 11.0. The average molecular weight is 631 g/mol. The van der Waals surface area contributed by atoms with Crippen LogP contribution in [0.15, 0.2) is 12.1 Å². The Morgan fingerprint density at radius 1 is 0.977 bits per heavy atom. The van der Waals surface area contributed by atoms with E-state index in [1.165, 1.54) is 43.1 Å². The van der Waals surface area contributed by atoms with E-state index < -0.39 is 25.8 Å². The lowest BCUT2D eigenvalue weighted by Crippen LogP contribution is -2.25. The van der Waals surface area contributed by atoms with Crippen LogP contribution in [0.25, 0.3) is 0 Å². The molecule has 43 heavy (non-hydrogen) atoms. The fourth-order valence-corrected chi connectivity index (χ4v) is 5.79. The smallest absolute Gasteiger partial charge is 0.461 e. The summed E-state index contributed by atoms with van der Waals surface area (Å²) in [4.78, 5) is 22.0. The minimum atomic E-state index is -4.24. The predicted molar refractivity (Wildman–Crippen MR) is 165 cm³/mol. The van der Waals surface area contributed by atoms with Gasteiger partial charge in [0.2, 0.25) is 0 Å². The largest absolute Gasteiger partial charge is 0.472 e. The van der Waals surface area contributed by atoms with E-state index in [0.717, 1.165) is 44.1 Å². The number of unbranched alkanes of at least 4 members (excludes halogenated alkanes) is 8. The molecule has 0 radical (unpaired) electrons. The van der Waals surface area contributed by atoms with Gasteiger partial charge >= 0.3 is 13.8 Å². The van der Waals surface area contributed by atoms with E-state index in [-0.39, 0.29) is 32.4 Å². The molecule has 0 aliphatic carbocycles. The quantitative estimate of drug-likeness (QED) is 0.0779. The third-order valence-corrected chi connectivity index (χ3v) is 8.39. The molecule has 1 saturated heterocycles. The third-order valence-electron chi connectivity index (χ3n) is 7.44. The molecule has 1 heterocycles. The summed E-state index contributed by atoms with van der Waals surface area (Å²) in [6, 6.07) is 4.26. The topological polar surface area (TPSA) is 119 Å². The van der Waals surface area contributed by atoms with Crippen LogP contribution in [0.3, 0.4) is 0 Å². The highest BCUT2D eigenvalue weighted by Crippen LogP contribution is 2.44. The first kappa shape index (κ1) is 37.8. The maximum atomic E-state index is 12.1. The zero-order valence-corrected chi connectivity index (χ0v) is 28.1. The van der Waals surface area contributed by atoms with Crippen molar-refractivity contribution in [1.29, 1.82) is 0 Å². The lowest BCUT2D eigenvalue weighted by molar-refractivity contribution is -0.145. The van der Waals surface area contributed by atoms with E-state index in [1.807, 2.05) is 0 Å². The minimum Gasteiger partial charge on any atom is -0.461 e. The highest BCUT2D eigenvalue weighted by Gasteiger charge is 2.35. The molecule has 0 bridgehead atoms. The van der Waals surface area contributed by atoms with Crippen LogP contribution in [0, 0.1) is 20.8 Å². The molecule has 1 aromatic rings. The highest BCUT2D eigenvalue weighted by atomic mass is 31.2. The molecular formula is C32H55O10P. The van der Waals surface area contributed by atoms with Gasteiger partial charge in [-0.05, 0) is 64.2 Å². The van der Waals surface area contributed by atoms with Crippen LogP contribution in [-0.2, 0) is 48.7 Å². The van der Waals surface area contributed by atoms with Crippen molar-refractivity contribution in [2.24, 2.45) is 0 Å². The molecule has 1 unspecified atom stereocenters. The van der Waals surface area contributed by atoms with E-state index in [2.05, 4.69) is 32.9 Å². The van der Waals surface area contributed by atoms with E-state index in [4.69, 9.17) is 32.7 Å². The molecule has 0 aromatic heterocycles. The van der Waals surface area contributed by atoms with Crippen molar-refractivity contribution in [3.8, 4) is 0 Å². The number of benzene rings is 1. The van der Waals surface area contributed by atoms with Crippen LogP contribution in [0.2, 0.25) is 0 Å². The van der Waals surface area contributed by atoms with Crippen molar-refractivity contribution in [2.45, 2.75) is 123 Å². The second-order valence-electron chi connectivity index (χ2n) is 11.9. The van der Waals surface area contributed by atoms with Gasteiger partial charge in [0, 0.05) is 20.1 Å². The van der Waals surface area contributed by atoms with E-state index >= 15 is 0 Å². The van der Waals surface area contributed by atoms with Crippen LogP contribution in [0.5, 0.6) is 0 Å². The molecule has 1 aliphatic rings. The molecule has 1 N–H and O–H groups in total. The Morgan fingerprint density at radius 3 is 2.16 bits per heavy atom. The van der Waals surface area contributed by atoms with E-state index in [1.54, 1.807) is 13.8 Å². The molecule has 1 aromatic carbocycles. The molecule has 0 spiro atoms. The van der Waals surface area contributed by atoms with Gasteiger partial charge in [-0.3, -0.25) is 13.8 Å². The van der Waals surface area contributed by atoms with Gasteiger partial charge in [-0.15, -0.1) is 0 Å². The fourth-order valence-electron chi connectivity index (χ4n) is 5.01. The van der Waals surface area contributed by atoms with Gasteiger partial charge in [0.1, 0.15) is 18.8 Å². The van der Waals surface area contributed by atoms with E-state index in [9.17, 15) is 14.3 Å². The van der Waals surface area contributed by atoms with Gasteiger partial charge < -0.3 is 28.6 Å². The SMILES string of the molecule is CO[C@H](COCCCCCCCCCCCC(=O)OCc1c(C)cc(C)cc1C)COP(=O)(O)OC[C@H]1COC(C)(C)O1. The summed E-state index contributed by atoms with van der Waals surface area (Å²) in [5.41, 5.74) is 4.69. The number of rotatable bonds is 23. The third kappa shape index (κ3) is 16.5.